The third kappa shape index (κ3) is 3.73. The van der Waals surface area contributed by atoms with Crippen molar-refractivity contribution in [1.29, 1.82) is 0 Å². The van der Waals surface area contributed by atoms with Gasteiger partial charge in [0.25, 0.3) is 12.2 Å². The van der Waals surface area contributed by atoms with Gasteiger partial charge in [-0.2, -0.15) is 4.98 Å². The summed E-state index contributed by atoms with van der Waals surface area (Å²) in [6.45, 7) is 1.19. The molecule has 0 aliphatic heterocycles. The molecule has 0 saturated heterocycles. The molecule has 32 heavy (non-hydrogen) atoms. The molecule has 1 aliphatic carbocycles. The van der Waals surface area contributed by atoms with Crippen LogP contribution in [0.15, 0.2) is 42.7 Å². The summed E-state index contributed by atoms with van der Waals surface area (Å²) in [5, 5.41) is 7.66. The Kier molecular flexibility index (Phi) is 4.73. The maximum atomic E-state index is 14.9. The van der Waals surface area contributed by atoms with Crippen molar-refractivity contribution in [2.45, 2.75) is 26.2 Å². The number of fused-ring (bicyclic) bond motifs is 3. The van der Waals surface area contributed by atoms with Gasteiger partial charge in [-0.05, 0) is 50.1 Å². The number of aromatic nitrogens is 4. The molecule has 4 aromatic rings. The van der Waals surface area contributed by atoms with Crippen LogP contribution < -0.4 is 4.90 Å². The Morgan fingerprint density at radius 3 is 2.75 bits per heavy atom. The van der Waals surface area contributed by atoms with E-state index in [4.69, 9.17) is 0 Å². The van der Waals surface area contributed by atoms with E-state index in [2.05, 4.69) is 27.0 Å². The summed E-state index contributed by atoms with van der Waals surface area (Å²) in [6, 6.07) is 8.17. The Balaban J connectivity index is 1.72. The molecule has 0 unspecified atom stereocenters. The van der Waals surface area contributed by atoms with Crippen molar-refractivity contribution in [3.63, 3.8) is 0 Å². The lowest BCUT2D eigenvalue weighted by Crippen LogP contribution is -2.26. The van der Waals surface area contributed by atoms with Gasteiger partial charge in [0, 0.05) is 16.7 Å². The van der Waals surface area contributed by atoms with Gasteiger partial charge in [0.2, 0.25) is 0 Å². The summed E-state index contributed by atoms with van der Waals surface area (Å²) >= 11 is 0. The first-order valence-corrected chi connectivity index (χ1v) is 10.0. The number of anilines is 2. The molecule has 9 heteroatoms. The van der Waals surface area contributed by atoms with Crippen molar-refractivity contribution in [2.75, 3.05) is 11.4 Å². The van der Waals surface area contributed by atoms with E-state index in [-0.39, 0.29) is 28.1 Å². The zero-order valence-corrected chi connectivity index (χ0v) is 17.0. The van der Waals surface area contributed by atoms with Crippen LogP contribution in [-0.4, -0.2) is 32.6 Å². The van der Waals surface area contributed by atoms with E-state index in [1.807, 2.05) is 6.92 Å². The van der Waals surface area contributed by atoms with Gasteiger partial charge in [-0.25, -0.2) is 17.6 Å². The van der Waals surface area contributed by atoms with Crippen LogP contribution in [0.4, 0.5) is 29.1 Å². The van der Waals surface area contributed by atoms with Crippen LogP contribution in [-0.2, 0) is 0 Å². The fourth-order valence-corrected chi connectivity index (χ4v) is 3.55. The van der Waals surface area contributed by atoms with Gasteiger partial charge in [-0.3, -0.25) is 4.40 Å². The van der Waals surface area contributed by atoms with Crippen molar-refractivity contribution in [1.82, 2.24) is 19.6 Å². The molecule has 5 nitrogen and oxygen atoms in total. The third-order valence-corrected chi connectivity index (χ3v) is 5.49. The van der Waals surface area contributed by atoms with Crippen LogP contribution in [0.5, 0.6) is 0 Å². The first kappa shape index (κ1) is 20.2. The van der Waals surface area contributed by atoms with Gasteiger partial charge in [0.1, 0.15) is 23.8 Å². The smallest absolute Gasteiger partial charge is 0.257 e. The maximum absolute atomic E-state index is 14.9. The standard InChI is InChI=1S/C23H17F4N5/c1-23(7-8-23)6-5-14-9-15(24)11-16(10-14)31(12-19(26)27)21-20-17(25)3-2-4-18(20)32-13-28-30-22(32)29-21/h2-4,9-11,13,19H,7-8,12H2,1H3. The Morgan fingerprint density at radius 1 is 1.19 bits per heavy atom. The van der Waals surface area contributed by atoms with Crippen molar-refractivity contribution < 1.29 is 17.6 Å². The van der Waals surface area contributed by atoms with Gasteiger partial charge in [0.15, 0.2) is 0 Å². The molecule has 2 aromatic heterocycles. The highest BCUT2D eigenvalue weighted by atomic mass is 19.3. The highest BCUT2D eigenvalue weighted by Crippen LogP contribution is 2.44. The molecule has 0 N–H and O–H groups in total. The van der Waals surface area contributed by atoms with Crippen molar-refractivity contribution in [2.24, 2.45) is 5.41 Å². The lowest BCUT2D eigenvalue weighted by Gasteiger charge is -2.25. The predicted octanol–water partition coefficient (Wildman–Crippen LogP) is 5.11. The molecule has 5 rings (SSSR count). The summed E-state index contributed by atoms with van der Waals surface area (Å²) in [7, 11) is 0. The minimum atomic E-state index is -2.80. The molecule has 1 aliphatic rings. The van der Waals surface area contributed by atoms with Crippen LogP contribution in [0.3, 0.4) is 0 Å². The summed E-state index contributed by atoms with van der Waals surface area (Å²) in [5.41, 5.74) is 0.707. The zero-order valence-electron chi connectivity index (χ0n) is 17.0. The molecular weight excluding hydrogens is 422 g/mol. The van der Waals surface area contributed by atoms with E-state index >= 15 is 0 Å². The summed E-state index contributed by atoms with van der Waals surface area (Å²) in [5.74, 6) is 4.75. The zero-order chi connectivity index (χ0) is 22.5. The molecular formula is C23H17F4N5. The first-order valence-electron chi connectivity index (χ1n) is 10.0. The van der Waals surface area contributed by atoms with E-state index in [0.29, 0.717) is 11.1 Å². The van der Waals surface area contributed by atoms with E-state index in [1.165, 1.54) is 35.0 Å². The lowest BCUT2D eigenvalue weighted by atomic mass is 10.1. The minimum absolute atomic E-state index is 0.00263. The second-order valence-corrected chi connectivity index (χ2v) is 8.08. The molecule has 1 saturated carbocycles. The fraction of sp³-hybridized carbons (Fsp3) is 0.261. The van der Waals surface area contributed by atoms with Crippen LogP contribution in [0.25, 0.3) is 16.7 Å². The Hall–Kier alpha value is -3.67. The Labute approximate surface area is 180 Å². The average Bonchev–Trinajstić information content (AvgIpc) is 3.29. The van der Waals surface area contributed by atoms with Gasteiger partial charge in [-0.15, -0.1) is 10.2 Å². The molecule has 2 heterocycles. The van der Waals surface area contributed by atoms with Crippen LogP contribution in [0, 0.1) is 28.9 Å². The lowest BCUT2D eigenvalue weighted by molar-refractivity contribution is 0.158. The molecule has 162 valence electrons. The van der Waals surface area contributed by atoms with Gasteiger partial charge in [-0.1, -0.05) is 17.9 Å². The fourth-order valence-electron chi connectivity index (χ4n) is 3.55. The van der Waals surface area contributed by atoms with E-state index in [9.17, 15) is 17.6 Å². The third-order valence-electron chi connectivity index (χ3n) is 5.49. The number of hydrogen-bond acceptors (Lipinski definition) is 4. The van der Waals surface area contributed by atoms with Gasteiger partial charge in [0.05, 0.1) is 17.4 Å². The van der Waals surface area contributed by atoms with Crippen LogP contribution in [0.1, 0.15) is 25.3 Å². The first-order chi connectivity index (χ1) is 15.3. The maximum Gasteiger partial charge on any atom is 0.257 e. The Morgan fingerprint density at radius 2 is 2.00 bits per heavy atom. The number of rotatable bonds is 4. The topological polar surface area (TPSA) is 46.3 Å². The molecule has 0 atom stereocenters. The predicted molar refractivity (Wildman–Crippen MR) is 112 cm³/mol. The second-order valence-electron chi connectivity index (χ2n) is 8.08. The van der Waals surface area contributed by atoms with E-state index in [1.54, 1.807) is 6.07 Å². The molecule has 0 radical (unpaired) electrons. The average molecular weight is 439 g/mol. The number of hydrogen-bond donors (Lipinski definition) is 0. The summed E-state index contributed by atoms with van der Waals surface area (Å²) < 4.78 is 58.0. The van der Waals surface area contributed by atoms with Crippen LogP contribution >= 0.6 is 0 Å². The largest absolute Gasteiger partial charge is 0.320 e. The summed E-state index contributed by atoms with van der Waals surface area (Å²) in [6.07, 6.45) is 0.496. The van der Waals surface area contributed by atoms with Crippen molar-refractivity contribution in [3.05, 3.63) is 59.9 Å². The van der Waals surface area contributed by atoms with Gasteiger partial charge < -0.3 is 4.90 Å². The number of benzene rings is 2. The molecule has 0 amide bonds. The van der Waals surface area contributed by atoms with E-state index < -0.39 is 24.6 Å². The van der Waals surface area contributed by atoms with Crippen LogP contribution in [0.2, 0.25) is 0 Å². The number of nitrogens with zero attached hydrogens (tertiary/aromatic N) is 5. The van der Waals surface area contributed by atoms with Crippen molar-refractivity contribution in [3.8, 4) is 11.8 Å². The second kappa shape index (κ2) is 7.48. The van der Waals surface area contributed by atoms with Gasteiger partial charge >= 0.3 is 0 Å². The quantitative estimate of drug-likeness (QED) is 0.328. The number of halogens is 4. The van der Waals surface area contributed by atoms with Crippen molar-refractivity contribution >= 4 is 28.2 Å². The monoisotopic (exact) mass is 439 g/mol. The Bertz CT molecular complexity index is 1400. The normalized spacial score (nSPS) is 14.6. The van der Waals surface area contributed by atoms with E-state index in [0.717, 1.165) is 23.8 Å². The SMILES string of the molecule is CC1(C#Cc2cc(F)cc(N(CC(F)F)c3nc4nncn4c4cccc(F)c34)c2)CC1. The molecule has 0 spiro atoms. The number of alkyl halides is 2. The minimum Gasteiger partial charge on any atom is -0.320 e. The molecule has 0 bridgehead atoms. The molecule has 1 fully saturated rings. The highest BCUT2D eigenvalue weighted by Gasteiger charge is 2.35. The highest BCUT2D eigenvalue weighted by molar-refractivity contribution is 5.94. The summed E-state index contributed by atoms with van der Waals surface area (Å²) in [4.78, 5) is 5.39. The molecule has 2 aromatic carbocycles.